The molecule has 110 valence electrons. The standard InChI is InChI=1S/C15H17N3O3/c19-18(20)14-7-6-13(15-12(14)5-3-8-16-15)17-10-11-4-1-2-9-21-11/h3,5-8,11,17H,1-2,4,9-10H2. The minimum Gasteiger partial charge on any atom is -0.381 e. The monoisotopic (exact) mass is 287 g/mol. The number of fused-ring (bicyclic) bond motifs is 1. The van der Waals surface area contributed by atoms with E-state index in [2.05, 4.69) is 10.3 Å². The van der Waals surface area contributed by atoms with Gasteiger partial charge in [-0.3, -0.25) is 15.1 Å². The summed E-state index contributed by atoms with van der Waals surface area (Å²) in [5.41, 5.74) is 1.52. The molecule has 6 heteroatoms. The second-order valence-electron chi connectivity index (χ2n) is 5.16. The number of nitro benzene ring substituents is 1. The Morgan fingerprint density at radius 1 is 1.38 bits per heavy atom. The first-order chi connectivity index (χ1) is 10.3. The molecule has 21 heavy (non-hydrogen) atoms. The lowest BCUT2D eigenvalue weighted by molar-refractivity contribution is -0.383. The number of nitrogens with one attached hydrogen (secondary N) is 1. The summed E-state index contributed by atoms with van der Waals surface area (Å²) in [6, 6.07) is 6.68. The van der Waals surface area contributed by atoms with Crippen LogP contribution in [0, 0.1) is 10.1 Å². The van der Waals surface area contributed by atoms with Gasteiger partial charge in [0.2, 0.25) is 0 Å². The largest absolute Gasteiger partial charge is 0.381 e. The zero-order valence-corrected chi connectivity index (χ0v) is 11.6. The number of nitrogens with zero attached hydrogens (tertiary/aromatic N) is 2. The topological polar surface area (TPSA) is 77.3 Å². The van der Waals surface area contributed by atoms with Crippen molar-refractivity contribution in [2.24, 2.45) is 0 Å². The number of non-ortho nitro benzene ring substituents is 1. The molecule has 0 radical (unpaired) electrons. The second-order valence-corrected chi connectivity index (χ2v) is 5.16. The number of aromatic nitrogens is 1. The van der Waals surface area contributed by atoms with Gasteiger partial charge in [0, 0.05) is 25.4 Å². The molecule has 1 N–H and O–H groups in total. The molecule has 2 heterocycles. The van der Waals surface area contributed by atoms with Crippen molar-refractivity contribution in [3.8, 4) is 0 Å². The Morgan fingerprint density at radius 3 is 3.05 bits per heavy atom. The molecule has 0 saturated carbocycles. The summed E-state index contributed by atoms with van der Waals surface area (Å²) in [5, 5.41) is 14.9. The van der Waals surface area contributed by atoms with E-state index in [1.165, 1.54) is 12.5 Å². The van der Waals surface area contributed by atoms with E-state index in [4.69, 9.17) is 4.74 Å². The van der Waals surface area contributed by atoms with Gasteiger partial charge < -0.3 is 10.1 Å². The van der Waals surface area contributed by atoms with E-state index in [1.54, 1.807) is 24.4 Å². The molecule has 1 saturated heterocycles. The summed E-state index contributed by atoms with van der Waals surface area (Å²) < 4.78 is 5.68. The maximum atomic E-state index is 11.1. The first-order valence-corrected chi connectivity index (χ1v) is 7.13. The molecule has 3 rings (SSSR count). The Kier molecular flexibility index (Phi) is 3.96. The van der Waals surface area contributed by atoms with Crippen LogP contribution in [0.4, 0.5) is 11.4 Å². The molecule has 1 aliphatic heterocycles. The predicted octanol–water partition coefficient (Wildman–Crippen LogP) is 3.12. The van der Waals surface area contributed by atoms with Crippen LogP contribution in [0.5, 0.6) is 0 Å². The number of nitro groups is 1. The maximum absolute atomic E-state index is 11.1. The van der Waals surface area contributed by atoms with Crippen LogP contribution in [0.15, 0.2) is 30.5 Å². The van der Waals surface area contributed by atoms with E-state index in [0.717, 1.165) is 25.1 Å². The van der Waals surface area contributed by atoms with Crippen LogP contribution in [0.1, 0.15) is 19.3 Å². The van der Waals surface area contributed by atoms with Gasteiger partial charge in [-0.25, -0.2) is 0 Å². The molecule has 0 bridgehead atoms. The average molecular weight is 287 g/mol. The zero-order chi connectivity index (χ0) is 14.7. The molecular formula is C15H17N3O3. The fourth-order valence-corrected chi connectivity index (χ4v) is 2.65. The molecule has 6 nitrogen and oxygen atoms in total. The van der Waals surface area contributed by atoms with Gasteiger partial charge in [-0.1, -0.05) is 0 Å². The minimum atomic E-state index is -0.377. The fraction of sp³-hybridized carbons (Fsp3) is 0.400. The SMILES string of the molecule is O=[N+]([O-])c1ccc(NCC2CCCCO2)c2ncccc12. The number of ether oxygens (including phenoxy) is 1. The van der Waals surface area contributed by atoms with Crippen molar-refractivity contribution in [3.05, 3.63) is 40.6 Å². The van der Waals surface area contributed by atoms with Gasteiger partial charge in [0.1, 0.15) is 5.52 Å². The second kappa shape index (κ2) is 6.05. The summed E-state index contributed by atoms with van der Waals surface area (Å²) >= 11 is 0. The van der Waals surface area contributed by atoms with E-state index >= 15 is 0 Å². The molecule has 0 spiro atoms. The van der Waals surface area contributed by atoms with Gasteiger partial charge in [0.05, 0.1) is 22.1 Å². The minimum absolute atomic E-state index is 0.0811. The van der Waals surface area contributed by atoms with Crippen molar-refractivity contribution in [2.45, 2.75) is 25.4 Å². The number of anilines is 1. The average Bonchev–Trinajstić information content (AvgIpc) is 2.53. The highest BCUT2D eigenvalue weighted by Crippen LogP contribution is 2.29. The molecule has 0 amide bonds. The van der Waals surface area contributed by atoms with Crippen molar-refractivity contribution < 1.29 is 9.66 Å². The van der Waals surface area contributed by atoms with Crippen molar-refractivity contribution in [1.29, 1.82) is 0 Å². The number of rotatable bonds is 4. The highest BCUT2D eigenvalue weighted by Gasteiger charge is 2.17. The summed E-state index contributed by atoms with van der Waals surface area (Å²) in [5.74, 6) is 0. The van der Waals surface area contributed by atoms with Gasteiger partial charge in [-0.2, -0.15) is 0 Å². The molecule has 1 aromatic heterocycles. The molecule has 1 aliphatic rings. The molecule has 2 aromatic rings. The third kappa shape index (κ3) is 2.95. The third-order valence-corrected chi connectivity index (χ3v) is 3.74. The number of benzene rings is 1. The quantitative estimate of drug-likeness (QED) is 0.690. The van der Waals surface area contributed by atoms with Crippen LogP contribution in [-0.2, 0) is 4.74 Å². The fourth-order valence-electron chi connectivity index (χ4n) is 2.65. The van der Waals surface area contributed by atoms with Crippen molar-refractivity contribution in [1.82, 2.24) is 4.98 Å². The Balaban J connectivity index is 1.85. The molecular weight excluding hydrogens is 270 g/mol. The Bertz CT molecular complexity index is 654. The number of hydrogen-bond donors (Lipinski definition) is 1. The lowest BCUT2D eigenvalue weighted by Gasteiger charge is -2.23. The van der Waals surface area contributed by atoms with E-state index in [-0.39, 0.29) is 16.7 Å². The van der Waals surface area contributed by atoms with Crippen molar-refractivity contribution >= 4 is 22.3 Å². The van der Waals surface area contributed by atoms with Gasteiger partial charge in [0.15, 0.2) is 0 Å². The first kappa shape index (κ1) is 13.8. The van der Waals surface area contributed by atoms with Crippen LogP contribution in [0.2, 0.25) is 0 Å². The molecule has 1 fully saturated rings. The maximum Gasteiger partial charge on any atom is 0.278 e. The third-order valence-electron chi connectivity index (χ3n) is 3.74. The highest BCUT2D eigenvalue weighted by atomic mass is 16.6. The molecule has 0 aliphatic carbocycles. The highest BCUT2D eigenvalue weighted by molar-refractivity contribution is 5.96. The van der Waals surface area contributed by atoms with Crippen molar-refractivity contribution in [3.63, 3.8) is 0 Å². The summed E-state index contributed by atoms with van der Waals surface area (Å²) in [7, 11) is 0. The normalized spacial score (nSPS) is 18.6. The van der Waals surface area contributed by atoms with Crippen LogP contribution in [-0.4, -0.2) is 29.2 Å². The zero-order valence-electron chi connectivity index (χ0n) is 11.6. The summed E-state index contributed by atoms with van der Waals surface area (Å²) in [6.07, 6.45) is 5.21. The van der Waals surface area contributed by atoms with Crippen LogP contribution >= 0.6 is 0 Å². The summed E-state index contributed by atoms with van der Waals surface area (Å²) in [4.78, 5) is 15.0. The van der Waals surface area contributed by atoms with Gasteiger partial charge >= 0.3 is 0 Å². The number of pyridine rings is 1. The Labute approximate surface area is 122 Å². The van der Waals surface area contributed by atoms with E-state index < -0.39 is 0 Å². The lowest BCUT2D eigenvalue weighted by Crippen LogP contribution is -2.27. The van der Waals surface area contributed by atoms with Gasteiger partial charge in [0.25, 0.3) is 5.69 Å². The van der Waals surface area contributed by atoms with E-state index in [1.807, 2.05) is 0 Å². The van der Waals surface area contributed by atoms with Crippen molar-refractivity contribution in [2.75, 3.05) is 18.5 Å². The molecule has 1 atom stereocenters. The van der Waals surface area contributed by atoms with E-state index in [9.17, 15) is 10.1 Å². The smallest absolute Gasteiger partial charge is 0.278 e. The van der Waals surface area contributed by atoms with Crippen LogP contribution < -0.4 is 5.32 Å². The van der Waals surface area contributed by atoms with Crippen LogP contribution in [0.3, 0.4) is 0 Å². The van der Waals surface area contributed by atoms with E-state index in [0.29, 0.717) is 17.4 Å². The molecule has 1 aromatic carbocycles. The lowest BCUT2D eigenvalue weighted by atomic mass is 10.1. The first-order valence-electron chi connectivity index (χ1n) is 7.13. The molecule has 1 unspecified atom stereocenters. The number of hydrogen-bond acceptors (Lipinski definition) is 5. The summed E-state index contributed by atoms with van der Waals surface area (Å²) in [6.45, 7) is 1.51. The Hall–Kier alpha value is -2.21. The van der Waals surface area contributed by atoms with Crippen LogP contribution in [0.25, 0.3) is 10.9 Å². The Morgan fingerprint density at radius 2 is 2.29 bits per heavy atom. The van der Waals surface area contributed by atoms with Gasteiger partial charge in [-0.05, 0) is 37.5 Å². The van der Waals surface area contributed by atoms with Gasteiger partial charge in [-0.15, -0.1) is 0 Å². The predicted molar refractivity (Wildman–Crippen MR) is 80.5 cm³/mol.